The van der Waals surface area contributed by atoms with Crippen LogP contribution in [0.25, 0.3) is 22.3 Å². The van der Waals surface area contributed by atoms with Crippen LogP contribution in [0.15, 0.2) is 101 Å². The summed E-state index contributed by atoms with van der Waals surface area (Å²) in [6.07, 6.45) is 4.92. The topological polar surface area (TPSA) is 26.3 Å². The van der Waals surface area contributed by atoms with Crippen molar-refractivity contribution in [2.24, 2.45) is 0 Å². The number of hydrogen-bond acceptors (Lipinski definition) is 6. The van der Waals surface area contributed by atoms with E-state index in [1.165, 1.54) is 73.2 Å². The minimum absolute atomic E-state index is 0.401. The van der Waals surface area contributed by atoms with Gasteiger partial charge in [-0.15, -0.1) is 46.2 Å². The Kier molecular flexibility index (Phi) is 7.05. The van der Waals surface area contributed by atoms with Gasteiger partial charge >= 0.3 is 0 Å². The van der Waals surface area contributed by atoms with Gasteiger partial charge in [0, 0.05) is 51.0 Å². The molecule has 8 rings (SSSR count). The highest BCUT2D eigenvalue weighted by molar-refractivity contribution is 8.05. The fourth-order valence-corrected chi connectivity index (χ4v) is 17.3. The molecule has 0 saturated carbocycles. The maximum atomic E-state index is 6.42. The van der Waals surface area contributed by atoms with Gasteiger partial charge in [-0.1, -0.05) is 13.1 Å². The summed E-state index contributed by atoms with van der Waals surface area (Å²) >= 11 is 7.91. The summed E-state index contributed by atoms with van der Waals surface area (Å²) in [5, 5.41) is 3.80. The van der Waals surface area contributed by atoms with E-state index in [0.717, 1.165) is 23.0 Å². The largest absolute Gasteiger partial charge is 0.461 e. The third-order valence-electron chi connectivity index (χ3n) is 9.32. The second-order valence-corrected chi connectivity index (χ2v) is 22.5. The number of hydrogen-bond donors (Lipinski definition) is 0. The fourth-order valence-electron chi connectivity index (χ4n) is 7.37. The van der Waals surface area contributed by atoms with Crippen LogP contribution in [0, 0.1) is 27.7 Å². The summed E-state index contributed by atoms with van der Waals surface area (Å²) in [6.45, 7) is 18.4. The zero-order valence-corrected chi connectivity index (χ0v) is 31.1. The van der Waals surface area contributed by atoms with Crippen LogP contribution in [-0.4, -0.2) is 18.6 Å². The Morgan fingerprint density at radius 3 is 1.33 bits per heavy atom. The van der Waals surface area contributed by atoms with Gasteiger partial charge in [-0.05, 0) is 135 Å². The van der Waals surface area contributed by atoms with E-state index in [0.29, 0.717) is 10.5 Å². The molecule has 2 aliphatic heterocycles. The van der Waals surface area contributed by atoms with Gasteiger partial charge in [-0.25, -0.2) is 0 Å². The predicted octanol–water partition coefficient (Wildman–Crippen LogP) is 12.2. The summed E-state index contributed by atoms with van der Waals surface area (Å²) in [6, 6.07) is 17.7. The zero-order chi connectivity index (χ0) is 31.4. The van der Waals surface area contributed by atoms with Gasteiger partial charge in [0.15, 0.2) is 0 Å². The lowest BCUT2D eigenvalue weighted by Crippen LogP contribution is -2.34. The van der Waals surface area contributed by atoms with E-state index in [2.05, 4.69) is 101 Å². The lowest BCUT2D eigenvalue weighted by molar-refractivity contribution is 0.522. The Morgan fingerprint density at radius 1 is 0.578 bits per heavy atom. The number of thioether (sulfide) groups is 2. The highest BCUT2D eigenvalue weighted by Crippen LogP contribution is 2.62. The molecule has 0 N–H and O–H groups in total. The van der Waals surface area contributed by atoms with E-state index in [9.17, 15) is 0 Å². The first-order chi connectivity index (χ1) is 21.5. The second kappa shape index (κ2) is 10.7. The molecule has 0 bridgehead atoms. The average Bonchev–Trinajstić information content (AvgIpc) is 3.79. The lowest BCUT2D eigenvalue weighted by Gasteiger charge is -2.31. The smallest absolute Gasteiger partial charge is 0.134 e. The summed E-state index contributed by atoms with van der Waals surface area (Å²) in [5.74, 6) is 3.86. The minimum atomic E-state index is -2.39. The highest BCUT2D eigenvalue weighted by Gasteiger charge is 2.49. The van der Waals surface area contributed by atoms with Crippen LogP contribution >= 0.6 is 46.2 Å². The van der Waals surface area contributed by atoms with Crippen LogP contribution in [0.3, 0.4) is 0 Å². The SMILES string of the molecule is Cc1ccc(C2=CC3=C(c4ccc(C)s4)C(C)SC3=C2[Si](C)(C)C2=C3SC(C)C(c4ccc(C)s4)=C3C=C2c2ccc(C)o2)o1. The molecule has 0 saturated heterocycles. The van der Waals surface area contributed by atoms with Crippen molar-refractivity contribution in [1.82, 2.24) is 0 Å². The standard InChI is InChI=1S/C38H36O2S4Si/c1-19-9-13-29(39-19)25-17-27-33(31-15-11-21(3)41-31)23(5)43-35(27)37(25)45(7,8)38-26(30-14-10-20(2)40-30)18-28-34(24(6)44-36(28)38)32-16-12-22(4)42-32/h9-18,23-24H,1-8H3. The quantitative estimate of drug-likeness (QED) is 0.189. The molecule has 2 atom stereocenters. The molecule has 2 aliphatic carbocycles. The number of fused-ring (bicyclic) bond motifs is 2. The third-order valence-corrected chi connectivity index (χ3v) is 17.8. The Hall–Kier alpha value is -2.68. The molecule has 4 aromatic rings. The predicted molar refractivity (Wildman–Crippen MR) is 200 cm³/mol. The molecule has 7 heteroatoms. The first kappa shape index (κ1) is 29.7. The van der Waals surface area contributed by atoms with Crippen LogP contribution in [0.5, 0.6) is 0 Å². The van der Waals surface area contributed by atoms with Crippen molar-refractivity contribution in [2.75, 3.05) is 0 Å². The van der Waals surface area contributed by atoms with E-state index in [-0.39, 0.29) is 0 Å². The van der Waals surface area contributed by atoms with Crippen LogP contribution in [0.2, 0.25) is 13.1 Å². The van der Waals surface area contributed by atoms with E-state index in [4.69, 9.17) is 8.83 Å². The van der Waals surface area contributed by atoms with E-state index < -0.39 is 8.07 Å². The van der Waals surface area contributed by atoms with Gasteiger partial charge in [0.2, 0.25) is 0 Å². The normalized spacial score (nSPS) is 21.5. The number of allylic oxidation sites excluding steroid dienone is 8. The number of furan rings is 2. The minimum Gasteiger partial charge on any atom is -0.461 e. The van der Waals surface area contributed by atoms with Gasteiger partial charge in [0.05, 0.1) is 0 Å². The fraction of sp³-hybridized carbons (Fsp3) is 0.263. The highest BCUT2D eigenvalue weighted by atomic mass is 32.2. The van der Waals surface area contributed by atoms with Crippen LogP contribution < -0.4 is 0 Å². The van der Waals surface area contributed by atoms with Gasteiger partial charge in [0.1, 0.15) is 31.1 Å². The van der Waals surface area contributed by atoms with Crippen molar-refractivity contribution in [2.45, 2.75) is 65.1 Å². The molecule has 0 fully saturated rings. The zero-order valence-electron chi connectivity index (χ0n) is 26.9. The molecular weight excluding hydrogens is 645 g/mol. The Balaban J connectivity index is 1.39. The first-order valence-electron chi connectivity index (χ1n) is 15.5. The molecule has 0 radical (unpaired) electrons. The van der Waals surface area contributed by atoms with Crippen molar-refractivity contribution < 1.29 is 8.83 Å². The van der Waals surface area contributed by atoms with Crippen LogP contribution in [0.1, 0.15) is 56.4 Å². The lowest BCUT2D eigenvalue weighted by atomic mass is 10.0. The maximum Gasteiger partial charge on any atom is 0.134 e. The molecule has 4 aliphatic rings. The molecule has 228 valence electrons. The Bertz CT molecular complexity index is 1960. The van der Waals surface area contributed by atoms with Crippen LogP contribution in [0.4, 0.5) is 0 Å². The van der Waals surface area contributed by atoms with Crippen molar-refractivity contribution in [1.29, 1.82) is 0 Å². The molecule has 0 spiro atoms. The molecule has 45 heavy (non-hydrogen) atoms. The van der Waals surface area contributed by atoms with Gasteiger partial charge in [0.25, 0.3) is 0 Å². The van der Waals surface area contributed by atoms with Crippen LogP contribution in [-0.2, 0) is 0 Å². The number of thiophene rings is 2. The third kappa shape index (κ3) is 4.64. The Labute approximate surface area is 283 Å². The maximum absolute atomic E-state index is 6.42. The van der Waals surface area contributed by atoms with Crippen molar-refractivity contribution >= 4 is 76.6 Å². The molecular formula is C38H36O2S4Si. The molecule has 6 heterocycles. The molecule has 2 nitrogen and oxygen atoms in total. The summed E-state index contributed by atoms with van der Waals surface area (Å²) in [4.78, 5) is 8.40. The van der Waals surface area contributed by atoms with E-state index in [1.807, 2.05) is 60.0 Å². The van der Waals surface area contributed by atoms with Crippen molar-refractivity contribution in [3.8, 4) is 0 Å². The van der Waals surface area contributed by atoms with Gasteiger partial charge in [-0.3, -0.25) is 0 Å². The monoisotopic (exact) mass is 680 g/mol. The first-order valence-corrected chi connectivity index (χ1v) is 21.9. The number of aryl methyl sites for hydroxylation is 4. The molecule has 0 aromatic carbocycles. The molecule has 2 unspecified atom stereocenters. The summed E-state index contributed by atoms with van der Waals surface area (Å²) in [5.41, 5.74) is 8.26. The summed E-state index contributed by atoms with van der Waals surface area (Å²) in [7, 11) is -2.39. The molecule has 0 amide bonds. The van der Waals surface area contributed by atoms with E-state index >= 15 is 0 Å². The molecule has 4 aromatic heterocycles. The van der Waals surface area contributed by atoms with Crippen molar-refractivity contribution in [3.63, 3.8) is 0 Å². The Morgan fingerprint density at radius 2 is 1.00 bits per heavy atom. The van der Waals surface area contributed by atoms with Gasteiger partial charge in [-0.2, -0.15) is 0 Å². The number of rotatable bonds is 6. The van der Waals surface area contributed by atoms with E-state index in [1.54, 1.807) is 0 Å². The second-order valence-electron chi connectivity index (χ2n) is 13.0. The van der Waals surface area contributed by atoms with Crippen molar-refractivity contribution in [3.05, 3.63) is 135 Å². The average molecular weight is 681 g/mol. The summed E-state index contributed by atoms with van der Waals surface area (Å²) < 4.78 is 12.8. The van der Waals surface area contributed by atoms with Gasteiger partial charge < -0.3 is 8.83 Å².